The molecule has 112 valence electrons. The second-order valence-electron chi connectivity index (χ2n) is 4.31. The molecule has 3 nitrogen and oxygen atoms in total. The first kappa shape index (κ1) is 15.4. The van der Waals surface area contributed by atoms with E-state index in [1.807, 2.05) is 0 Å². The van der Waals surface area contributed by atoms with E-state index < -0.39 is 20.5 Å². The lowest BCUT2D eigenvalue weighted by atomic mass is 10.2. The molecule has 0 amide bonds. The maximum Gasteiger partial charge on any atom is 0.341 e. The highest BCUT2D eigenvalue weighted by atomic mass is 32.2. The minimum absolute atomic E-state index is 0.332. The molecule has 2 rings (SSSR count). The van der Waals surface area contributed by atoms with Crippen molar-refractivity contribution in [1.82, 2.24) is 0 Å². The zero-order chi connectivity index (χ0) is 15.5. The van der Waals surface area contributed by atoms with Crippen molar-refractivity contribution >= 4 is 15.5 Å². The van der Waals surface area contributed by atoms with Gasteiger partial charge in [-0.1, -0.05) is 12.1 Å². The number of hydrogen-bond donors (Lipinski definition) is 1. The van der Waals surface area contributed by atoms with Crippen LogP contribution >= 0.6 is 0 Å². The van der Waals surface area contributed by atoms with Crippen LogP contribution < -0.4 is 5.32 Å². The van der Waals surface area contributed by atoms with E-state index in [0.29, 0.717) is 17.8 Å². The van der Waals surface area contributed by atoms with E-state index in [0.717, 1.165) is 12.1 Å². The molecular formula is C14H12F3NO2S. The Bertz CT molecular complexity index is 715. The van der Waals surface area contributed by atoms with Crippen molar-refractivity contribution in [3.05, 3.63) is 59.9 Å². The summed E-state index contributed by atoms with van der Waals surface area (Å²) in [4.78, 5) is -0.436. The second-order valence-corrected chi connectivity index (χ2v) is 6.23. The lowest BCUT2D eigenvalue weighted by Crippen LogP contribution is -2.11. The first-order valence-corrected chi connectivity index (χ1v) is 7.54. The molecule has 0 aromatic heterocycles. The topological polar surface area (TPSA) is 46.2 Å². The summed E-state index contributed by atoms with van der Waals surface area (Å²) in [5, 5.41) is 2.95. The summed E-state index contributed by atoms with van der Waals surface area (Å²) in [6.45, 7) is 0.332. The fraction of sp³-hybridized carbons (Fsp3) is 0.143. The van der Waals surface area contributed by atoms with Crippen LogP contribution in [0.5, 0.6) is 0 Å². The van der Waals surface area contributed by atoms with E-state index in [9.17, 15) is 21.6 Å². The molecule has 0 radical (unpaired) electrons. The average Bonchev–Trinajstić information content (AvgIpc) is 2.45. The molecule has 0 saturated carbocycles. The number of benzene rings is 2. The van der Waals surface area contributed by atoms with E-state index in [1.165, 1.54) is 24.3 Å². The van der Waals surface area contributed by atoms with Gasteiger partial charge in [0.15, 0.2) is 0 Å². The molecule has 0 aliphatic heterocycles. The van der Waals surface area contributed by atoms with Gasteiger partial charge in [-0.05, 0) is 42.0 Å². The van der Waals surface area contributed by atoms with E-state index in [4.69, 9.17) is 0 Å². The summed E-state index contributed by atoms with van der Waals surface area (Å²) in [5.41, 5.74) is 1.26. The molecule has 2 aromatic carbocycles. The standard InChI is InChI=1S/C14H12F3NO2S/c15-11-3-1-2-10(8-11)9-18-12-4-6-13(7-5-12)21(19,20)14(16)17/h1-8,14,18H,9H2. The lowest BCUT2D eigenvalue weighted by Gasteiger charge is -2.08. The Morgan fingerprint density at radius 1 is 1.05 bits per heavy atom. The van der Waals surface area contributed by atoms with Crippen LogP contribution in [0.4, 0.5) is 18.9 Å². The van der Waals surface area contributed by atoms with E-state index in [1.54, 1.807) is 12.1 Å². The largest absolute Gasteiger partial charge is 0.381 e. The van der Waals surface area contributed by atoms with Gasteiger partial charge in [0.1, 0.15) is 5.82 Å². The van der Waals surface area contributed by atoms with Crippen molar-refractivity contribution in [2.45, 2.75) is 17.2 Å². The number of alkyl halides is 2. The van der Waals surface area contributed by atoms with Crippen molar-refractivity contribution < 1.29 is 21.6 Å². The molecule has 0 spiro atoms. The predicted molar refractivity (Wildman–Crippen MR) is 73.4 cm³/mol. The number of halogens is 3. The van der Waals surface area contributed by atoms with Crippen molar-refractivity contribution in [2.75, 3.05) is 5.32 Å². The van der Waals surface area contributed by atoms with Gasteiger partial charge in [-0.25, -0.2) is 12.8 Å². The van der Waals surface area contributed by atoms with Gasteiger partial charge >= 0.3 is 5.76 Å². The third-order valence-corrected chi connectivity index (χ3v) is 4.20. The molecule has 0 heterocycles. The van der Waals surface area contributed by atoms with Crippen molar-refractivity contribution in [2.24, 2.45) is 0 Å². The zero-order valence-corrected chi connectivity index (χ0v) is 11.6. The van der Waals surface area contributed by atoms with E-state index in [2.05, 4.69) is 5.32 Å². The number of rotatable bonds is 5. The molecule has 21 heavy (non-hydrogen) atoms. The van der Waals surface area contributed by atoms with Crippen molar-refractivity contribution in [1.29, 1.82) is 0 Å². The third kappa shape index (κ3) is 3.75. The van der Waals surface area contributed by atoms with Gasteiger partial charge in [-0.2, -0.15) is 8.78 Å². The molecule has 0 saturated heterocycles. The Morgan fingerprint density at radius 2 is 1.71 bits per heavy atom. The molecule has 1 N–H and O–H groups in total. The Morgan fingerprint density at radius 3 is 2.29 bits per heavy atom. The summed E-state index contributed by atoms with van der Waals surface area (Å²) in [6, 6.07) is 11.0. The highest BCUT2D eigenvalue weighted by Gasteiger charge is 2.26. The van der Waals surface area contributed by atoms with Crippen LogP contribution in [-0.4, -0.2) is 14.2 Å². The summed E-state index contributed by atoms with van der Waals surface area (Å²) in [5.74, 6) is -3.80. The SMILES string of the molecule is O=S(=O)(c1ccc(NCc2cccc(F)c2)cc1)C(F)F. The number of sulfone groups is 1. The van der Waals surface area contributed by atoms with Gasteiger partial charge in [-0.15, -0.1) is 0 Å². The van der Waals surface area contributed by atoms with Crippen LogP contribution in [0.1, 0.15) is 5.56 Å². The fourth-order valence-corrected chi connectivity index (χ4v) is 2.44. The molecule has 2 aromatic rings. The Kier molecular flexibility index (Phi) is 4.52. The third-order valence-electron chi connectivity index (χ3n) is 2.80. The smallest absolute Gasteiger partial charge is 0.341 e. The quantitative estimate of drug-likeness (QED) is 0.919. The van der Waals surface area contributed by atoms with Crippen LogP contribution in [0.15, 0.2) is 53.4 Å². The number of hydrogen-bond acceptors (Lipinski definition) is 3. The van der Waals surface area contributed by atoms with Crippen molar-refractivity contribution in [3.63, 3.8) is 0 Å². The van der Waals surface area contributed by atoms with E-state index >= 15 is 0 Å². The second kappa shape index (κ2) is 6.17. The van der Waals surface area contributed by atoms with Gasteiger partial charge in [-0.3, -0.25) is 0 Å². The van der Waals surface area contributed by atoms with Crippen LogP contribution in [0, 0.1) is 5.82 Å². The van der Waals surface area contributed by atoms with Crippen molar-refractivity contribution in [3.8, 4) is 0 Å². The van der Waals surface area contributed by atoms with Gasteiger partial charge in [0.25, 0.3) is 0 Å². The zero-order valence-electron chi connectivity index (χ0n) is 10.8. The number of anilines is 1. The Labute approximate surface area is 120 Å². The molecular weight excluding hydrogens is 303 g/mol. The molecule has 0 unspecified atom stereocenters. The average molecular weight is 315 g/mol. The van der Waals surface area contributed by atoms with Gasteiger partial charge in [0.2, 0.25) is 9.84 Å². The fourth-order valence-electron chi connectivity index (χ4n) is 1.72. The van der Waals surface area contributed by atoms with E-state index in [-0.39, 0.29) is 5.82 Å². The van der Waals surface area contributed by atoms with Crippen LogP contribution in [-0.2, 0) is 16.4 Å². The molecule has 7 heteroatoms. The Balaban J connectivity index is 2.07. The van der Waals surface area contributed by atoms with Crippen LogP contribution in [0.25, 0.3) is 0 Å². The minimum atomic E-state index is -4.58. The van der Waals surface area contributed by atoms with Crippen LogP contribution in [0.2, 0.25) is 0 Å². The van der Waals surface area contributed by atoms with Gasteiger partial charge in [0.05, 0.1) is 4.90 Å². The normalized spacial score (nSPS) is 11.6. The Hall–Kier alpha value is -2.02. The monoisotopic (exact) mass is 315 g/mol. The maximum atomic E-state index is 13.0. The molecule has 0 atom stereocenters. The predicted octanol–water partition coefficient (Wildman–Crippen LogP) is 3.43. The highest BCUT2D eigenvalue weighted by Crippen LogP contribution is 2.20. The number of nitrogens with one attached hydrogen (secondary N) is 1. The summed E-state index contributed by atoms with van der Waals surface area (Å²) in [7, 11) is -4.58. The van der Waals surface area contributed by atoms with Gasteiger partial charge in [0, 0.05) is 12.2 Å². The molecule has 0 aliphatic rings. The lowest BCUT2D eigenvalue weighted by molar-refractivity contribution is 0.234. The highest BCUT2D eigenvalue weighted by molar-refractivity contribution is 7.91. The maximum absolute atomic E-state index is 13.0. The first-order valence-electron chi connectivity index (χ1n) is 6.00. The molecule has 0 aliphatic carbocycles. The summed E-state index contributed by atoms with van der Waals surface area (Å²) < 4.78 is 60.2. The molecule has 0 fully saturated rings. The van der Waals surface area contributed by atoms with Crippen LogP contribution in [0.3, 0.4) is 0 Å². The van der Waals surface area contributed by atoms with Gasteiger partial charge < -0.3 is 5.32 Å². The minimum Gasteiger partial charge on any atom is -0.381 e. The molecule has 0 bridgehead atoms. The summed E-state index contributed by atoms with van der Waals surface area (Å²) in [6.07, 6.45) is 0. The first-order chi connectivity index (χ1) is 9.89. The summed E-state index contributed by atoms with van der Waals surface area (Å²) >= 11 is 0.